The Morgan fingerprint density at radius 3 is 2.24 bits per heavy atom. The van der Waals surface area contributed by atoms with Crippen LogP contribution in [0.5, 0.6) is 0 Å². The Hall–Kier alpha value is -1.37. The molecule has 2 aliphatic rings. The lowest BCUT2D eigenvalue weighted by atomic mass is 10.2. The zero-order valence-corrected chi connectivity index (χ0v) is 13.1. The van der Waals surface area contributed by atoms with E-state index in [0.717, 1.165) is 5.82 Å². The smallest absolute Gasteiger partial charge is 0.152 e. The van der Waals surface area contributed by atoms with Crippen molar-refractivity contribution in [3.63, 3.8) is 0 Å². The average molecular weight is 310 g/mol. The zero-order valence-electron chi connectivity index (χ0n) is 12.3. The van der Waals surface area contributed by atoms with Gasteiger partial charge in [-0.2, -0.15) is 0 Å². The number of aryl methyl sites for hydroxylation is 1. The first-order valence-electron chi connectivity index (χ1n) is 7.59. The molecule has 116 valence electrons. The van der Waals surface area contributed by atoms with Gasteiger partial charge < -0.3 is 10.6 Å². The van der Waals surface area contributed by atoms with Gasteiger partial charge in [-0.3, -0.25) is 0 Å². The minimum absolute atomic E-state index is 0.0383. The average Bonchev–Trinajstić information content (AvgIpc) is 2.98. The van der Waals surface area contributed by atoms with E-state index < -0.39 is 9.84 Å². The van der Waals surface area contributed by atoms with E-state index in [1.54, 1.807) is 0 Å². The van der Waals surface area contributed by atoms with E-state index in [4.69, 9.17) is 0 Å². The fourth-order valence-corrected chi connectivity index (χ4v) is 4.79. The summed E-state index contributed by atoms with van der Waals surface area (Å²) in [6.45, 7) is 1.86. The number of nitrogens with one attached hydrogen (secondary N) is 2. The van der Waals surface area contributed by atoms with E-state index in [-0.39, 0.29) is 17.5 Å². The normalized spacial score (nSPS) is 25.1. The van der Waals surface area contributed by atoms with Crippen LogP contribution in [0.3, 0.4) is 0 Å². The van der Waals surface area contributed by atoms with Crippen molar-refractivity contribution in [2.24, 2.45) is 0 Å². The SMILES string of the molecule is Cc1nc(NC2CCCC2)cc(NC2CCS(=O)(=O)C2)n1. The molecule has 1 aliphatic heterocycles. The molecule has 1 saturated heterocycles. The molecule has 1 aromatic heterocycles. The summed E-state index contributed by atoms with van der Waals surface area (Å²) < 4.78 is 23.0. The van der Waals surface area contributed by atoms with Crippen molar-refractivity contribution in [2.75, 3.05) is 22.1 Å². The predicted molar refractivity (Wildman–Crippen MR) is 83.3 cm³/mol. The van der Waals surface area contributed by atoms with Gasteiger partial charge in [-0.15, -0.1) is 0 Å². The second-order valence-electron chi connectivity index (χ2n) is 6.06. The van der Waals surface area contributed by atoms with Gasteiger partial charge in [0.1, 0.15) is 17.5 Å². The first-order chi connectivity index (χ1) is 10.00. The minimum atomic E-state index is -2.88. The molecule has 0 amide bonds. The van der Waals surface area contributed by atoms with Gasteiger partial charge in [-0.25, -0.2) is 18.4 Å². The molecule has 1 aromatic rings. The van der Waals surface area contributed by atoms with Crippen molar-refractivity contribution < 1.29 is 8.42 Å². The first kappa shape index (κ1) is 14.6. The van der Waals surface area contributed by atoms with Gasteiger partial charge in [-0.1, -0.05) is 12.8 Å². The van der Waals surface area contributed by atoms with Crippen molar-refractivity contribution in [1.82, 2.24) is 9.97 Å². The monoisotopic (exact) mass is 310 g/mol. The van der Waals surface area contributed by atoms with Gasteiger partial charge in [0.25, 0.3) is 0 Å². The molecule has 2 N–H and O–H groups in total. The first-order valence-corrected chi connectivity index (χ1v) is 9.41. The molecule has 3 rings (SSSR count). The third kappa shape index (κ3) is 3.84. The van der Waals surface area contributed by atoms with Gasteiger partial charge in [0.15, 0.2) is 9.84 Å². The molecule has 6 nitrogen and oxygen atoms in total. The third-order valence-corrected chi connectivity index (χ3v) is 5.90. The molecule has 1 saturated carbocycles. The molecule has 0 spiro atoms. The maximum Gasteiger partial charge on any atom is 0.152 e. The Balaban J connectivity index is 1.68. The quantitative estimate of drug-likeness (QED) is 0.881. The van der Waals surface area contributed by atoms with Crippen LogP contribution in [0.15, 0.2) is 6.07 Å². The fraction of sp³-hybridized carbons (Fsp3) is 0.714. The summed E-state index contributed by atoms with van der Waals surface area (Å²) in [5.41, 5.74) is 0. The van der Waals surface area contributed by atoms with Crippen LogP contribution in [0.4, 0.5) is 11.6 Å². The van der Waals surface area contributed by atoms with Crippen LogP contribution in [0.25, 0.3) is 0 Å². The maximum atomic E-state index is 11.5. The summed E-state index contributed by atoms with van der Waals surface area (Å²) in [5, 5.41) is 6.69. The van der Waals surface area contributed by atoms with Gasteiger partial charge in [0.2, 0.25) is 0 Å². The highest BCUT2D eigenvalue weighted by Gasteiger charge is 2.28. The molecule has 21 heavy (non-hydrogen) atoms. The van der Waals surface area contributed by atoms with Gasteiger partial charge >= 0.3 is 0 Å². The minimum Gasteiger partial charge on any atom is -0.367 e. The summed E-state index contributed by atoms with van der Waals surface area (Å²) in [6.07, 6.45) is 5.57. The summed E-state index contributed by atoms with van der Waals surface area (Å²) >= 11 is 0. The van der Waals surface area contributed by atoms with Crippen LogP contribution in [-0.2, 0) is 9.84 Å². The van der Waals surface area contributed by atoms with E-state index in [1.807, 2.05) is 13.0 Å². The van der Waals surface area contributed by atoms with Crippen molar-refractivity contribution >= 4 is 21.5 Å². The van der Waals surface area contributed by atoms with Gasteiger partial charge in [0, 0.05) is 18.2 Å². The largest absolute Gasteiger partial charge is 0.367 e. The van der Waals surface area contributed by atoms with Crippen LogP contribution in [0.1, 0.15) is 37.9 Å². The molecule has 0 bridgehead atoms. The van der Waals surface area contributed by atoms with Crippen LogP contribution in [0.2, 0.25) is 0 Å². The Kier molecular flexibility index (Phi) is 4.01. The van der Waals surface area contributed by atoms with Gasteiger partial charge in [-0.05, 0) is 26.2 Å². The fourth-order valence-electron chi connectivity index (χ4n) is 3.11. The molecule has 7 heteroatoms. The number of anilines is 2. The number of rotatable bonds is 4. The van der Waals surface area contributed by atoms with E-state index in [0.29, 0.717) is 24.1 Å². The Morgan fingerprint density at radius 1 is 1.05 bits per heavy atom. The lowest BCUT2D eigenvalue weighted by molar-refractivity contribution is 0.602. The summed E-state index contributed by atoms with van der Waals surface area (Å²) in [7, 11) is -2.88. The standard InChI is InChI=1S/C14H22N4O2S/c1-10-15-13(17-11-4-2-3-5-11)8-14(16-10)18-12-6-7-21(19,20)9-12/h8,11-12H,2-7,9H2,1H3,(H2,15,16,17,18). The molecule has 2 fully saturated rings. The van der Waals surface area contributed by atoms with Crippen LogP contribution < -0.4 is 10.6 Å². The number of hydrogen-bond acceptors (Lipinski definition) is 6. The highest BCUT2D eigenvalue weighted by molar-refractivity contribution is 7.91. The van der Waals surface area contributed by atoms with E-state index in [9.17, 15) is 8.42 Å². The number of sulfone groups is 1. The number of nitrogens with zero attached hydrogens (tertiary/aromatic N) is 2. The molecule has 1 unspecified atom stereocenters. The Morgan fingerprint density at radius 2 is 1.67 bits per heavy atom. The molecular formula is C14H22N4O2S. The molecule has 2 heterocycles. The lowest BCUT2D eigenvalue weighted by Crippen LogP contribution is -2.22. The van der Waals surface area contributed by atoms with Crippen LogP contribution >= 0.6 is 0 Å². The van der Waals surface area contributed by atoms with Crippen molar-refractivity contribution in [1.29, 1.82) is 0 Å². The molecule has 0 aromatic carbocycles. The van der Waals surface area contributed by atoms with Crippen LogP contribution in [-0.4, -0.2) is 42.0 Å². The second kappa shape index (κ2) is 5.79. The van der Waals surface area contributed by atoms with Crippen molar-refractivity contribution in [2.45, 2.75) is 51.1 Å². The molecule has 0 radical (unpaired) electrons. The van der Waals surface area contributed by atoms with Crippen molar-refractivity contribution in [3.8, 4) is 0 Å². The topological polar surface area (TPSA) is 84.0 Å². The molecule has 1 aliphatic carbocycles. The molecule has 1 atom stereocenters. The highest BCUT2D eigenvalue weighted by Crippen LogP contribution is 2.23. The zero-order chi connectivity index (χ0) is 14.9. The summed E-state index contributed by atoms with van der Waals surface area (Å²) in [5.74, 6) is 2.70. The van der Waals surface area contributed by atoms with Crippen LogP contribution in [0, 0.1) is 6.92 Å². The predicted octanol–water partition coefficient (Wildman–Crippen LogP) is 1.74. The van der Waals surface area contributed by atoms with E-state index in [1.165, 1.54) is 25.7 Å². The van der Waals surface area contributed by atoms with Gasteiger partial charge in [0.05, 0.1) is 11.5 Å². The Bertz CT molecular complexity index is 611. The third-order valence-electron chi connectivity index (χ3n) is 4.13. The summed E-state index contributed by atoms with van der Waals surface area (Å²) in [6, 6.07) is 2.35. The van der Waals surface area contributed by atoms with E-state index >= 15 is 0 Å². The molecular weight excluding hydrogens is 288 g/mol. The second-order valence-corrected chi connectivity index (χ2v) is 8.28. The van der Waals surface area contributed by atoms with E-state index in [2.05, 4.69) is 20.6 Å². The highest BCUT2D eigenvalue weighted by atomic mass is 32.2. The number of hydrogen-bond donors (Lipinski definition) is 2. The Labute approximate surface area is 125 Å². The maximum absolute atomic E-state index is 11.5. The van der Waals surface area contributed by atoms with Crippen molar-refractivity contribution in [3.05, 3.63) is 11.9 Å². The number of aromatic nitrogens is 2. The summed E-state index contributed by atoms with van der Waals surface area (Å²) in [4.78, 5) is 8.78. The lowest BCUT2D eigenvalue weighted by Gasteiger charge is -2.16.